The van der Waals surface area contributed by atoms with Gasteiger partial charge in [0.15, 0.2) is 0 Å². The fraction of sp³-hybridized carbons (Fsp3) is 0.500. The highest BCUT2D eigenvalue weighted by atomic mass is 32.2. The summed E-state index contributed by atoms with van der Waals surface area (Å²) in [6.07, 6.45) is 13.2. The molecular weight excluding hydrogens is 424 g/mol. The van der Waals surface area contributed by atoms with Gasteiger partial charge in [0.1, 0.15) is 0 Å². The van der Waals surface area contributed by atoms with Crippen LogP contribution in [0.4, 0.5) is 10.5 Å². The number of urea groups is 1. The van der Waals surface area contributed by atoms with Crippen LogP contribution in [0.2, 0.25) is 0 Å². The van der Waals surface area contributed by atoms with Gasteiger partial charge in [0.05, 0.1) is 4.90 Å². The molecule has 2 fully saturated rings. The van der Waals surface area contributed by atoms with Crippen molar-refractivity contribution in [2.24, 2.45) is 5.92 Å². The lowest BCUT2D eigenvalue weighted by Gasteiger charge is -2.40. The predicted molar refractivity (Wildman–Crippen MR) is 125 cm³/mol. The zero-order valence-corrected chi connectivity index (χ0v) is 19.2. The van der Waals surface area contributed by atoms with Crippen LogP contribution in [-0.4, -0.2) is 25.0 Å². The summed E-state index contributed by atoms with van der Waals surface area (Å²) in [7, 11) is -3.63. The number of carbonyl (C=O) groups is 1. The average molecular weight is 457 g/mol. The van der Waals surface area contributed by atoms with Crippen molar-refractivity contribution in [1.29, 1.82) is 0 Å². The molecule has 3 N–H and O–H groups in total. The molecule has 1 heterocycles. The summed E-state index contributed by atoms with van der Waals surface area (Å²) in [5.74, 6) is 0.429. The molecule has 4 rings (SSSR count). The minimum Gasteiger partial charge on any atom is -0.334 e. The summed E-state index contributed by atoms with van der Waals surface area (Å²) in [5.41, 5.74) is 1.13. The van der Waals surface area contributed by atoms with Gasteiger partial charge in [-0.15, -0.1) is 0 Å². The Kier molecular flexibility index (Phi) is 7.10. The molecule has 2 aliphatic rings. The average Bonchev–Trinajstić information content (AvgIpc) is 3.28. The van der Waals surface area contributed by atoms with E-state index >= 15 is 0 Å². The minimum absolute atomic E-state index is 0.237. The van der Waals surface area contributed by atoms with Gasteiger partial charge in [0.25, 0.3) is 0 Å². The SMILES string of the molecule is O=C(NCc1cccnc1)Nc1ccc(S(=O)(=O)NC2(C3CCCCC3)CCCC2)cc1. The second-order valence-electron chi connectivity index (χ2n) is 9.00. The van der Waals surface area contributed by atoms with Crippen LogP contribution in [0, 0.1) is 5.92 Å². The summed E-state index contributed by atoms with van der Waals surface area (Å²) in [6, 6.07) is 9.70. The van der Waals surface area contributed by atoms with Gasteiger partial charge in [-0.1, -0.05) is 38.2 Å². The lowest BCUT2D eigenvalue weighted by atomic mass is 9.74. The summed E-state index contributed by atoms with van der Waals surface area (Å²) in [5, 5.41) is 5.50. The summed E-state index contributed by atoms with van der Waals surface area (Å²) >= 11 is 0. The Morgan fingerprint density at radius 2 is 1.72 bits per heavy atom. The standard InChI is InChI=1S/C24H32N4O3S/c29-23(26-18-19-7-6-16-25-17-19)27-21-10-12-22(13-11-21)32(30,31)28-24(14-4-5-15-24)20-8-2-1-3-9-20/h6-7,10-13,16-17,20,28H,1-5,8-9,14-15,18H2,(H2,26,27,29). The monoisotopic (exact) mass is 456 g/mol. The molecule has 0 radical (unpaired) electrons. The Balaban J connectivity index is 1.38. The molecule has 8 heteroatoms. The third-order valence-corrected chi connectivity index (χ3v) is 8.39. The number of anilines is 1. The van der Waals surface area contributed by atoms with Gasteiger partial charge in [0, 0.05) is 30.2 Å². The van der Waals surface area contributed by atoms with Gasteiger partial charge in [-0.05, 0) is 67.5 Å². The van der Waals surface area contributed by atoms with E-state index in [9.17, 15) is 13.2 Å². The zero-order valence-electron chi connectivity index (χ0n) is 18.3. The first-order valence-corrected chi connectivity index (χ1v) is 13.0. The van der Waals surface area contributed by atoms with Crippen molar-refractivity contribution in [3.63, 3.8) is 0 Å². The molecule has 0 bridgehead atoms. The van der Waals surface area contributed by atoms with E-state index in [1.165, 1.54) is 19.3 Å². The second kappa shape index (κ2) is 10.0. The van der Waals surface area contributed by atoms with Crippen LogP contribution in [0.3, 0.4) is 0 Å². The van der Waals surface area contributed by atoms with Crippen LogP contribution in [0.25, 0.3) is 0 Å². The van der Waals surface area contributed by atoms with Crippen LogP contribution in [0.1, 0.15) is 63.4 Å². The van der Waals surface area contributed by atoms with Crippen molar-refractivity contribution < 1.29 is 13.2 Å². The molecule has 2 saturated carbocycles. The molecule has 7 nitrogen and oxygen atoms in total. The van der Waals surface area contributed by atoms with E-state index in [0.717, 1.165) is 44.1 Å². The van der Waals surface area contributed by atoms with Crippen LogP contribution in [0.15, 0.2) is 53.7 Å². The van der Waals surface area contributed by atoms with Crippen molar-refractivity contribution in [3.8, 4) is 0 Å². The van der Waals surface area contributed by atoms with E-state index in [2.05, 4.69) is 20.3 Å². The number of rotatable bonds is 7. The Morgan fingerprint density at radius 1 is 1.00 bits per heavy atom. The minimum atomic E-state index is -3.63. The highest BCUT2D eigenvalue weighted by Crippen LogP contribution is 2.43. The molecule has 32 heavy (non-hydrogen) atoms. The number of nitrogens with zero attached hydrogens (tertiary/aromatic N) is 1. The number of hydrogen-bond donors (Lipinski definition) is 3. The van der Waals surface area contributed by atoms with Gasteiger partial charge >= 0.3 is 6.03 Å². The van der Waals surface area contributed by atoms with E-state index in [4.69, 9.17) is 0 Å². The maximum Gasteiger partial charge on any atom is 0.319 e. The number of amides is 2. The van der Waals surface area contributed by atoms with Crippen molar-refractivity contribution in [3.05, 3.63) is 54.4 Å². The van der Waals surface area contributed by atoms with E-state index < -0.39 is 10.0 Å². The number of benzene rings is 1. The largest absolute Gasteiger partial charge is 0.334 e. The van der Waals surface area contributed by atoms with Crippen molar-refractivity contribution in [2.75, 3.05) is 5.32 Å². The number of hydrogen-bond acceptors (Lipinski definition) is 4. The van der Waals surface area contributed by atoms with Gasteiger partial charge in [0.2, 0.25) is 10.0 Å². The maximum atomic E-state index is 13.2. The van der Waals surface area contributed by atoms with E-state index in [1.807, 2.05) is 12.1 Å². The molecule has 1 aromatic carbocycles. The first kappa shape index (κ1) is 22.7. The highest BCUT2D eigenvalue weighted by molar-refractivity contribution is 7.89. The second-order valence-corrected chi connectivity index (χ2v) is 10.7. The first-order valence-electron chi connectivity index (χ1n) is 11.5. The molecule has 0 atom stereocenters. The summed E-state index contributed by atoms with van der Waals surface area (Å²) in [6.45, 7) is 0.360. The lowest BCUT2D eigenvalue weighted by Crippen LogP contribution is -2.52. The van der Waals surface area contributed by atoms with Crippen LogP contribution in [0.5, 0.6) is 0 Å². The van der Waals surface area contributed by atoms with Crippen molar-refractivity contribution >= 4 is 21.7 Å². The van der Waals surface area contributed by atoms with Gasteiger partial charge in [-0.3, -0.25) is 4.98 Å². The molecule has 1 aromatic heterocycles. The van der Waals surface area contributed by atoms with E-state index in [1.54, 1.807) is 36.7 Å². The summed E-state index contributed by atoms with van der Waals surface area (Å²) in [4.78, 5) is 16.4. The number of carbonyl (C=O) groups excluding carboxylic acids is 1. The predicted octanol–water partition coefficient (Wildman–Crippen LogP) is 4.57. The smallest absolute Gasteiger partial charge is 0.319 e. The first-order chi connectivity index (χ1) is 15.5. The van der Waals surface area contributed by atoms with Crippen LogP contribution >= 0.6 is 0 Å². The Morgan fingerprint density at radius 3 is 2.38 bits per heavy atom. The van der Waals surface area contributed by atoms with E-state index in [-0.39, 0.29) is 16.5 Å². The van der Waals surface area contributed by atoms with Gasteiger partial charge < -0.3 is 10.6 Å². The normalized spacial score (nSPS) is 18.9. The zero-order chi connectivity index (χ0) is 22.4. The molecule has 0 aliphatic heterocycles. The van der Waals surface area contributed by atoms with Crippen molar-refractivity contribution in [2.45, 2.75) is 74.8 Å². The molecule has 0 spiro atoms. The number of nitrogens with one attached hydrogen (secondary N) is 3. The Hall–Kier alpha value is -2.45. The van der Waals surface area contributed by atoms with Crippen LogP contribution < -0.4 is 15.4 Å². The maximum absolute atomic E-state index is 13.2. The number of sulfonamides is 1. The highest BCUT2D eigenvalue weighted by Gasteiger charge is 2.44. The summed E-state index contributed by atoms with van der Waals surface area (Å²) < 4.78 is 29.5. The number of aromatic nitrogens is 1. The van der Waals surface area contributed by atoms with Crippen LogP contribution in [-0.2, 0) is 16.6 Å². The molecule has 2 aromatic rings. The molecule has 2 amide bonds. The third-order valence-electron chi connectivity index (χ3n) is 6.82. The molecule has 0 unspecified atom stereocenters. The molecule has 2 aliphatic carbocycles. The Labute approximate surface area is 190 Å². The number of pyridine rings is 1. The molecular formula is C24H32N4O3S. The van der Waals surface area contributed by atoms with Crippen molar-refractivity contribution in [1.82, 2.24) is 15.0 Å². The third kappa shape index (κ3) is 5.48. The Bertz CT molecular complexity index is 997. The lowest BCUT2D eigenvalue weighted by molar-refractivity contribution is 0.190. The van der Waals surface area contributed by atoms with Gasteiger partial charge in [-0.25, -0.2) is 17.9 Å². The molecule has 172 valence electrons. The molecule has 0 saturated heterocycles. The quantitative estimate of drug-likeness (QED) is 0.568. The fourth-order valence-corrected chi connectivity index (χ4v) is 6.68. The van der Waals surface area contributed by atoms with Gasteiger partial charge in [-0.2, -0.15) is 0 Å². The topological polar surface area (TPSA) is 100 Å². The van der Waals surface area contributed by atoms with E-state index in [0.29, 0.717) is 18.2 Å². The fourth-order valence-electron chi connectivity index (χ4n) is 5.16.